The molecule has 4 heterocycles. The molecule has 0 bridgehead atoms. The number of anilines is 1. The zero-order valence-corrected chi connectivity index (χ0v) is 13.1. The van der Waals surface area contributed by atoms with E-state index in [-0.39, 0.29) is 12.4 Å². The molecule has 10 heteroatoms. The number of nitrogen functional groups attached to an aromatic ring is 1. The predicted octanol–water partition coefficient (Wildman–Crippen LogP) is -0.952. The molecule has 1 aliphatic rings. The molecular formula is C15H17N7O3. The first-order valence-corrected chi connectivity index (χ1v) is 7.72. The first kappa shape index (κ1) is 15.8. The summed E-state index contributed by atoms with van der Waals surface area (Å²) in [6, 6.07) is 3.60. The number of nitrogens with two attached hydrogens (primary N) is 2. The standard InChI is InChI=1S/C15H17N7O3/c16-4-8-11(23)12(24)15(25-8)22-14-9(13(17)19-6-20-14)10(21-22)7-2-1-3-18-5-7/h1-3,5-6,8,11-12,15,23-24H,4,16H2,(H2,17,19,20)/t8-,11-,12-,15-/m1/s1. The van der Waals surface area contributed by atoms with E-state index in [1.54, 1.807) is 18.5 Å². The molecule has 130 valence electrons. The van der Waals surface area contributed by atoms with Crippen molar-refractivity contribution in [3.63, 3.8) is 0 Å². The van der Waals surface area contributed by atoms with Gasteiger partial charge in [-0.15, -0.1) is 0 Å². The van der Waals surface area contributed by atoms with Crippen LogP contribution in [0, 0.1) is 0 Å². The molecule has 3 aromatic heterocycles. The molecule has 1 saturated heterocycles. The normalized spacial score (nSPS) is 26.4. The van der Waals surface area contributed by atoms with Crippen LogP contribution >= 0.6 is 0 Å². The van der Waals surface area contributed by atoms with Crippen LogP contribution in [0.5, 0.6) is 0 Å². The molecule has 3 aromatic rings. The van der Waals surface area contributed by atoms with Gasteiger partial charge in [-0.3, -0.25) is 4.98 Å². The first-order chi connectivity index (χ1) is 12.1. The first-order valence-electron chi connectivity index (χ1n) is 7.72. The van der Waals surface area contributed by atoms with Gasteiger partial charge < -0.3 is 26.4 Å². The van der Waals surface area contributed by atoms with Crippen molar-refractivity contribution in [3.8, 4) is 11.3 Å². The molecule has 0 spiro atoms. The number of rotatable bonds is 3. The van der Waals surface area contributed by atoms with Gasteiger partial charge in [-0.25, -0.2) is 14.6 Å². The number of fused-ring (bicyclic) bond motifs is 1. The van der Waals surface area contributed by atoms with E-state index in [1.165, 1.54) is 11.0 Å². The number of aliphatic hydroxyl groups excluding tert-OH is 2. The largest absolute Gasteiger partial charge is 0.387 e. The van der Waals surface area contributed by atoms with E-state index < -0.39 is 24.5 Å². The van der Waals surface area contributed by atoms with Crippen LogP contribution in [-0.2, 0) is 4.74 Å². The van der Waals surface area contributed by atoms with Gasteiger partial charge in [0, 0.05) is 24.5 Å². The van der Waals surface area contributed by atoms with Gasteiger partial charge in [-0.2, -0.15) is 5.10 Å². The molecule has 10 nitrogen and oxygen atoms in total. The highest BCUT2D eigenvalue weighted by Gasteiger charge is 2.44. The van der Waals surface area contributed by atoms with E-state index in [9.17, 15) is 10.2 Å². The number of hydrogen-bond donors (Lipinski definition) is 4. The van der Waals surface area contributed by atoms with E-state index in [1.807, 2.05) is 6.07 Å². The topological polar surface area (TPSA) is 158 Å². The summed E-state index contributed by atoms with van der Waals surface area (Å²) >= 11 is 0. The Balaban J connectivity index is 1.90. The van der Waals surface area contributed by atoms with Gasteiger partial charge in [0.15, 0.2) is 11.9 Å². The number of pyridine rings is 1. The fourth-order valence-electron chi connectivity index (χ4n) is 3.00. The van der Waals surface area contributed by atoms with Crippen molar-refractivity contribution in [2.75, 3.05) is 12.3 Å². The van der Waals surface area contributed by atoms with Gasteiger partial charge in [-0.1, -0.05) is 0 Å². The molecule has 0 aromatic carbocycles. The third kappa shape index (κ3) is 2.43. The Kier molecular flexibility index (Phi) is 3.81. The Morgan fingerprint density at radius 1 is 1.24 bits per heavy atom. The highest BCUT2D eigenvalue weighted by Crippen LogP contribution is 2.35. The van der Waals surface area contributed by atoms with Crippen molar-refractivity contribution in [1.82, 2.24) is 24.7 Å². The number of hydrogen-bond acceptors (Lipinski definition) is 9. The smallest absolute Gasteiger partial charge is 0.181 e. The Morgan fingerprint density at radius 3 is 2.76 bits per heavy atom. The van der Waals surface area contributed by atoms with E-state index in [0.717, 1.165) is 5.56 Å². The summed E-state index contributed by atoms with van der Waals surface area (Å²) in [4.78, 5) is 12.3. The van der Waals surface area contributed by atoms with Crippen molar-refractivity contribution < 1.29 is 14.9 Å². The number of aliphatic hydroxyl groups is 2. The van der Waals surface area contributed by atoms with Gasteiger partial charge in [-0.05, 0) is 12.1 Å². The molecule has 1 fully saturated rings. The summed E-state index contributed by atoms with van der Waals surface area (Å²) < 4.78 is 7.08. The Bertz CT molecular complexity index is 901. The van der Waals surface area contributed by atoms with E-state index in [2.05, 4.69) is 20.1 Å². The van der Waals surface area contributed by atoms with Crippen LogP contribution in [-0.4, -0.2) is 59.8 Å². The van der Waals surface area contributed by atoms with Crippen molar-refractivity contribution in [2.45, 2.75) is 24.5 Å². The molecule has 6 N–H and O–H groups in total. The van der Waals surface area contributed by atoms with Crippen molar-refractivity contribution >= 4 is 16.9 Å². The lowest BCUT2D eigenvalue weighted by molar-refractivity contribution is -0.0391. The third-order valence-corrected chi connectivity index (χ3v) is 4.26. The van der Waals surface area contributed by atoms with E-state index >= 15 is 0 Å². The monoisotopic (exact) mass is 343 g/mol. The van der Waals surface area contributed by atoms with E-state index in [4.69, 9.17) is 16.2 Å². The number of ether oxygens (including phenoxy) is 1. The van der Waals surface area contributed by atoms with Crippen LogP contribution in [0.2, 0.25) is 0 Å². The second kappa shape index (κ2) is 6.01. The molecule has 0 saturated carbocycles. The number of aromatic nitrogens is 5. The predicted molar refractivity (Wildman–Crippen MR) is 87.9 cm³/mol. The van der Waals surface area contributed by atoms with Gasteiger partial charge in [0.2, 0.25) is 0 Å². The fourth-order valence-corrected chi connectivity index (χ4v) is 3.00. The second-order valence-electron chi connectivity index (χ2n) is 5.77. The van der Waals surface area contributed by atoms with E-state index in [0.29, 0.717) is 16.7 Å². The molecule has 4 atom stereocenters. The van der Waals surface area contributed by atoms with Crippen LogP contribution in [0.3, 0.4) is 0 Å². The zero-order valence-electron chi connectivity index (χ0n) is 13.1. The highest BCUT2D eigenvalue weighted by atomic mass is 16.6. The SMILES string of the molecule is NC[C@H]1O[C@@H](n2nc(-c3cccnc3)c3c(N)ncnc32)[C@H](O)[C@@H]1O. The van der Waals surface area contributed by atoms with Gasteiger partial charge in [0.1, 0.15) is 36.2 Å². The molecule has 0 radical (unpaired) electrons. The second-order valence-corrected chi connectivity index (χ2v) is 5.77. The lowest BCUT2D eigenvalue weighted by Gasteiger charge is -2.15. The van der Waals surface area contributed by atoms with Crippen molar-refractivity contribution in [3.05, 3.63) is 30.9 Å². The fraction of sp³-hybridized carbons (Fsp3) is 0.333. The van der Waals surface area contributed by atoms with Crippen LogP contribution in [0.15, 0.2) is 30.9 Å². The van der Waals surface area contributed by atoms with Crippen molar-refractivity contribution in [1.29, 1.82) is 0 Å². The zero-order chi connectivity index (χ0) is 17.6. The molecule has 4 rings (SSSR count). The van der Waals surface area contributed by atoms with Crippen LogP contribution < -0.4 is 11.5 Å². The van der Waals surface area contributed by atoms with Crippen LogP contribution in [0.1, 0.15) is 6.23 Å². The average molecular weight is 343 g/mol. The van der Waals surface area contributed by atoms with Crippen LogP contribution in [0.4, 0.5) is 5.82 Å². The van der Waals surface area contributed by atoms with Gasteiger partial charge in [0.25, 0.3) is 0 Å². The maximum atomic E-state index is 10.3. The molecule has 25 heavy (non-hydrogen) atoms. The Hall–Kier alpha value is -2.66. The Morgan fingerprint density at radius 2 is 2.08 bits per heavy atom. The summed E-state index contributed by atoms with van der Waals surface area (Å²) in [7, 11) is 0. The molecule has 0 amide bonds. The Labute approximate surface area is 142 Å². The van der Waals surface area contributed by atoms with Gasteiger partial charge in [0.05, 0.1) is 5.39 Å². The number of nitrogens with zero attached hydrogens (tertiary/aromatic N) is 5. The third-order valence-electron chi connectivity index (χ3n) is 4.26. The summed E-state index contributed by atoms with van der Waals surface area (Å²) in [6.07, 6.45) is 0.647. The van der Waals surface area contributed by atoms with Crippen LogP contribution in [0.25, 0.3) is 22.3 Å². The molecule has 1 aliphatic heterocycles. The maximum absolute atomic E-state index is 10.3. The summed E-state index contributed by atoms with van der Waals surface area (Å²) in [5, 5.41) is 25.5. The average Bonchev–Trinajstić information content (AvgIpc) is 3.15. The summed E-state index contributed by atoms with van der Waals surface area (Å²) in [5.41, 5.74) is 13.2. The lowest BCUT2D eigenvalue weighted by atomic mass is 10.1. The minimum atomic E-state index is -1.20. The quantitative estimate of drug-likeness (QED) is 0.470. The lowest BCUT2D eigenvalue weighted by Crippen LogP contribution is -2.35. The summed E-state index contributed by atoms with van der Waals surface area (Å²) in [5.74, 6) is 0.249. The molecule has 0 aliphatic carbocycles. The molecular weight excluding hydrogens is 326 g/mol. The van der Waals surface area contributed by atoms with Gasteiger partial charge >= 0.3 is 0 Å². The molecule has 0 unspecified atom stereocenters. The van der Waals surface area contributed by atoms with Crippen molar-refractivity contribution in [2.24, 2.45) is 5.73 Å². The minimum Gasteiger partial charge on any atom is -0.387 e. The summed E-state index contributed by atoms with van der Waals surface area (Å²) in [6.45, 7) is 0.0700. The maximum Gasteiger partial charge on any atom is 0.181 e. The minimum absolute atomic E-state index is 0.0700. The highest BCUT2D eigenvalue weighted by molar-refractivity contribution is 5.98.